The van der Waals surface area contributed by atoms with E-state index in [9.17, 15) is 9.50 Å². The Morgan fingerprint density at radius 2 is 1.74 bits per heavy atom. The smallest absolute Gasteiger partial charge is 0.208 e. The number of fused-ring (bicyclic) bond motifs is 1. The van der Waals surface area contributed by atoms with E-state index in [4.69, 9.17) is 4.98 Å². The molecule has 0 aliphatic heterocycles. The minimum absolute atomic E-state index is 0.248. The summed E-state index contributed by atoms with van der Waals surface area (Å²) in [6.45, 7) is 7.30. The van der Waals surface area contributed by atoms with Gasteiger partial charge in [-0.2, -0.15) is 0 Å². The van der Waals surface area contributed by atoms with E-state index in [1.165, 1.54) is 12.1 Å². The van der Waals surface area contributed by atoms with Crippen LogP contribution in [0.25, 0.3) is 11.0 Å². The van der Waals surface area contributed by atoms with Crippen LogP contribution < -0.4 is 5.32 Å². The third-order valence-corrected chi connectivity index (χ3v) is 5.53. The molecule has 2 N–H and O–H groups in total. The minimum atomic E-state index is -0.248. The largest absolute Gasteiger partial charge is 0.508 e. The van der Waals surface area contributed by atoms with E-state index in [1.807, 2.05) is 36.4 Å². The number of para-hydroxylation sites is 2. The van der Waals surface area contributed by atoms with E-state index in [0.717, 1.165) is 40.9 Å². The molecule has 0 aliphatic carbocycles. The molecule has 0 unspecified atom stereocenters. The fourth-order valence-electron chi connectivity index (χ4n) is 3.71. The maximum atomic E-state index is 13.3. The number of hydrogen-bond donors (Lipinski definition) is 2. The summed E-state index contributed by atoms with van der Waals surface area (Å²) in [5, 5.41) is 13.7. The highest BCUT2D eigenvalue weighted by molar-refractivity contribution is 5.80. The molecule has 5 nitrogen and oxygen atoms in total. The van der Waals surface area contributed by atoms with Crippen molar-refractivity contribution in [1.29, 1.82) is 0 Å². The van der Waals surface area contributed by atoms with Crippen molar-refractivity contribution in [1.82, 2.24) is 14.5 Å². The van der Waals surface area contributed by atoms with E-state index in [2.05, 4.69) is 28.6 Å². The molecule has 0 aliphatic rings. The maximum absolute atomic E-state index is 13.3. The van der Waals surface area contributed by atoms with Crippen LogP contribution in [0, 0.1) is 5.82 Å². The predicted molar refractivity (Wildman–Crippen MR) is 123 cm³/mol. The number of anilines is 2. The highest BCUT2D eigenvalue weighted by Crippen LogP contribution is 2.28. The van der Waals surface area contributed by atoms with Gasteiger partial charge >= 0.3 is 0 Å². The van der Waals surface area contributed by atoms with Crippen LogP contribution in [-0.4, -0.2) is 32.6 Å². The van der Waals surface area contributed by atoms with Crippen LogP contribution in [0.4, 0.5) is 16.0 Å². The molecule has 3 aromatic carbocycles. The topological polar surface area (TPSA) is 53.3 Å². The van der Waals surface area contributed by atoms with Crippen molar-refractivity contribution in [2.75, 3.05) is 18.4 Å². The summed E-state index contributed by atoms with van der Waals surface area (Å²) in [5.41, 5.74) is 4.59. The lowest BCUT2D eigenvalue weighted by Crippen LogP contribution is -2.22. The van der Waals surface area contributed by atoms with Crippen LogP contribution in [0.2, 0.25) is 0 Å². The van der Waals surface area contributed by atoms with E-state index in [-0.39, 0.29) is 11.6 Å². The van der Waals surface area contributed by atoms with Crippen LogP contribution in [0.3, 0.4) is 0 Å². The number of nitrogens with one attached hydrogen (secondary N) is 1. The number of aromatic hydroxyl groups is 1. The lowest BCUT2D eigenvalue weighted by molar-refractivity contribution is 0.291. The van der Waals surface area contributed by atoms with Crippen LogP contribution in [-0.2, 0) is 13.1 Å². The van der Waals surface area contributed by atoms with Gasteiger partial charge in [0.2, 0.25) is 5.95 Å². The molecule has 0 bridgehead atoms. The van der Waals surface area contributed by atoms with Crippen LogP contribution in [0.1, 0.15) is 25.0 Å². The van der Waals surface area contributed by atoms with Gasteiger partial charge in [0, 0.05) is 17.8 Å². The van der Waals surface area contributed by atoms with Crippen LogP contribution in [0.5, 0.6) is 5.75 Å². The van der Waals surface area contributed by atoms with Crippen molar-refractivity contribution in [3.8, 4) is 5.75 Å². The summed E-state index contributed by atoms with van der Waals surface area (Å²) in [4.78, 5) is 7.02. The van der Waals surface area contributed by atoms with E-state index < -0.39 is 0 Å². The predicted octanol–water partition coefficient (Wildman–Crippen LogP) is 5.51. The number of aromatic nitrogens is 2. The fourth-order valence-corrected chi connectivity index (χ4v) is 3.71. The van der Waals surface area contributed by atoms with Gasteiger partial charge in [-0.3, -0.25) is 4.90 Å². The van der Waals surface area contributed by atoms with Gasteiger partial charge in [0.05, 0.1) is 17.6 Å². The summed E-state index contributed by atoms with van der Waals surface area (Å²) in [6, 6.07) is 20.0. The highest BCUT2D eigenvalue weighted by Gasteiger charge is 2.13. The first-order valence-corrected chi connectivity index (χ1v) is 10.6. The van der Waals surface area contributed by atoms with Crippen molar-refractivity contribution in [2.45, 2.75) is 26.9 Å². The Balaban J connectivity index is 1.67. The lowest BCUT2D eigenvalue weighted by Gasteiger charge is -2.19. The molecule has 0 amide bonds. The normalized spacial score (nSPS) is 11.4. The number of benzene rings is 3. The highest BCUT2D eigenvalue weighted by atomic mass is 19.1. The molecule has 0 radical (unpaired) electrons. The first-order valence-electron chi connectivity index (χ1n) is 10.6. The second-order valence-corrected chi connectivity index (χ2v) is 7.57. The van der Waals surface area contributed by atoms with E-state index in [1.54, 1.807) is 18.2 Å². The Morgan fingerprint density at radius 1 is 1.00 bits per heavy atom. The Bertz CT molecular complexity index is 1170. The zero-order valence-corrected chi connectivity index (χ0v) is 17.8. The molecule has 0 saturated heterocycles. The van der Waals surface area contributed by atoms with Gasteiger partial charge in [0.25, 0.3) is 0 Å². The minimum Gasteiger partial charge on any atom is -0.508 e. The summed E-state index contributed by atoms with van der Waals surface area (Å²) < 4.78 is 15.4. The Labute approximate surface area is 181 Å². The number of hydrogen-bond acceptors (Lipinski definition) is 4. The molecule has 0 saturated carbocycles. The molecular weight excluding hydrogens is 391 g/mol. The van der Waals surface area contributed by atoms with Crippen molar-refractivity contribution in [3.63, 3.8) is 0 Å². The molecular formula is C25H27FN4O. The summed E-state index contributed by atoms with van der Waals surface area (Å²) in [6.07, 6.45) is 0. The van der Waals surface area contributed by atoms with Gasteiger partial charge in [0.15, 0.2) is 0 Å². The van der Waals surface area contributed by atoms with Crippen molar-refractivity contribution >= 4 is 22.7 Å². The number of nitrogens with zero attached hydrogens (tertiary/aromatic N) is 3. The number of rotatable bonds is 8. The molecule has 160 valence electrons. The van der Waals surface area contributed by atoms with Crippen LogP contribution in [0.15, 0.2) is 66.7 Å². The third kappa shape index (κ3) is 4.70. The van der Waals surface area contributed by atoms with E-state index in [0.29, 0.717) is 19.0 Å². The van der Waals surface area contributed by atoms with Gasteiger partial charge in [-0.1, -0.05) is 38.1 Å². The number of phenolic OH excluding ortho intramolecular Hbond substituents is 1. The Hall–Kier alpha value is -3.38. The molecule has 4 rings (SSSR count). The number of imidazole rings is 1. The molecule has 1 aromatic heterocycles. The Kier molecular flexibility index (Phi) is 6.18. The van der Waals surface area contributed by atoms with Gasteiger partial charge < -0.3 is 15.0 Å². The van der Waals surface area contributed by atoms with Crippen molar-refractivity contribution < 1.29 is 9.50 Å². The number of phenols is 1. The second-order valence-electron chi connectivity index (χ2n) is 7.57. The Morgan fingerprint density at radius 3 is 2.48 bits per heavy atom. The second kappa shape index (κ2) is 9.18. The molecule has 1 heterocycles. The van der Waals surface area contributed by atoms with E-state index >= 15 is 0 Å². The summed E-state index contributed by atoms with van der Waals surface area (Å²) >= 11 is 0. The zero-order chi connectivity index (χ0) is 21.8. The van der Waals surface area contributed by atoms with Crippen molar-refractivity contribution in [3.05, 3.63) is 83.7 Å². The van der Waals surface area contributed by atoms with Gasteiger partial charge in [-0.15, -0.1) is 0 Å². The quantitative estimate of drug-likeness (QED) is 0.370. The third-order valence-electron chi connectivity index (χ3n) is 5.53. The number of halogens is 1. The molecule has 31 heavy (non-hydrogen) atoms. The van der Waals surface area contributed by atoms with Crippen LogP contribution >= 0.6 is 0 Å². The first kappa shape index (κ1) is 20.9. The summed E-state index contributed by atoms with van der Waals surface area (Å²) in [5.74, 6) is 0.740. The summed E-state index contributed by atoms with van der Waals surface area (Å²) in [7, 11) is 0. The zero-order valence-electron chi connectivity index (χ0n) is 17.8. The molecule has 6 heteroatoms. The molecule has 0 spiro atoms. The van der Waals surface area contributed by atoms with Gasteiger partial charge in [-0.25, -0.2) is 9.37 Å². The average Bonchev–Trinajstić information content (AvgIpc) is 3.12. The SMILES string of the molecule is CCN(CC)Cc1cc(Nc2nc3ccccc3n2Cc2ccc(F)cc2)ccc1O. The fraction of sp³-hybridized carbons (Fsp3) is 0.240. The first-order chi connectivity index (χ1) is 15.1. The molecule has 0 atom stereocenters. The molecule has 0 fully saturated rings. The standard InChI is InChI=1S/C25H27FN4O/c1-3-29(4-2)17-19-15-21(13-14-24(19)31)27-25-28-22-7-5-6-8-23(22)30(25)16-18-9-11-20(26)12-10-18/h5-15,31H,3-4,16-17H2,1-2H3,(H,27,28). The average molecular weight is 419 g/mol. The van der Waals surface area contributed by atoms with Gasteiger partial charge in [-0.05, 0) is 61.1 Å². The lowest BCUT2D eigenvalue weighted by atomic mass is 10.1. The monoisotopic (exact) mass is 418 g/mol. The molecule has 4 aromatic rings. The maximum Gasteiger partial charge on any atom is 0.208 e. The van der Waals surface area contributed by atoms with Crippen molar-refractivity contribution in [2.24, 2.45) is 0 Å². The van der Waals surface area contributed by atoms with Gasteiger partial charge in [0.1, 0.15) is 11.6 Å².